The first-order valence-corrected chi connectivity index (χ1v) is 14.2. The maximum absolute atomic E-state index is 15.7. The van der Waals surface area contributed by atoms with Gasteiger partial charge in [0.1, 0.15) is 29.2 Å². The minimum absolute atomic E-state index is 0.0143. The predicted molar refractivity (Wildman–Crippen MR) is 157 cm³/mol. The number of anilines is 2. The summed E-state index contributed by atoms with van der Waals surface area (Å²) in [5.74, 6) is -0.902. The second kappa shape index (κ2) is 10.3. The zero-order valence-electron chi connectivity index (χ0n) is 22.8. The van der Waals surface area contributed by atoms with Gasteiger partial charge < -0.3 is 20.7 Å². The van der Waals surface area contributed by atoms with Crippen molar-refractivity contribution in [2.24, 2.45) is 0 Å². The minimum atomic E-state index is -0.568. The molecule has 4 heterocycles. The van der Waals surface area contributed by atoms with Crippen molar-refractivity contribution in [1.29, 1.82) is 0 Å². The molecule has 42 heavy (non-hydrogen) atoms. The van der Waals surface area contributed by atoms with E-state index in [1.165, 1.54) is 12.4 Å². The van der Waals surface area contributed by atoms with Gasteiger partial charge in [-0.2, -0.15) is 0 Å². The molecule has 0 saturated heterocycles. The van der Waals surface area contributed by atoms with Crippen LogP contribution in [-0.2, 0) is 13.0 Å². The quantitative estimate of drug-likeness (QED) is 0.288. The largest absolute Gasteiger partial charge is 0.393 e. The van der Waals surface area contributed by atoms with Crippen molar-refractivity contribution in [2.45, 2.75) is 57.2 Å². The third kappa shape index (κ3) is 4.28. The molecule has 1 aliphatic carbocycles. The molecular weight excluding hydrogens is 537 g/mol. The number of carbonyl (C=O) groups is 1. The van der Waals surface area contributed by atoms with Crippen molar-refractivity contribution in [3.8, 4) is 16.8 Å². The summed E-state index contributed by atoms with van der Waals surface area (Å²) in [6.45, 7) is 0.635. The molecule has 1 amide bonds. The summed E-state index contributed by atoms with van der Waals surface area (Å²) in [6.07, 6.45) is 7.24. The van der Waals surface area contributed by atoms with Gasteiger partial charge in [-0.15, -0.1) is 0 Å². The summed E-state index contributed by atoms with van der Waals surface area (Å²) in [4.78, 5) is 35.6. The Morgan fingerprint density at radius 1 is 1.07 bits per heavy atom. The molecule has 2 atom stereocenters. The molecule has 10 nitrogen and oxygen atoms in total. The lowest BCUT2D eigenvalue weighted by atomic mass is 10.0. The zero-order valence-corrected chi connectivity index (χ0v) is 22.8. The third-order valence-corrected chi connectivity index (χ3v) is 8.44. The van der Waals surface area contributed by atoms with Crippen LogP contribution in [0.2, 0.25) is 0 Å². The number of aromatic nitrogens is 5. The van der Waals surface area contributed by atoms with Crippen molar-refractivity contribution in [2.75, 3.05) is 11.1 Å². The van der Waals surface area contributed by atoms with Crippen LogP contribution in [0.4, 0.5) is 15.9 Å². The van der Waals surface area contributed by atoms with Gasteiger partial charge in [0.2, 0.25) is 0 Å². The number of nitrogens with zero attached hydrogens (tertiary/aromatic N) is 5. The summed E-state index contributed by atoms with van der Waals surface area (Å²) >= 11 is 0. The van der Waals surface area contributed by atoms with E-state index in [0.717, 1.165) is 19.3 Å². The Bertz CT molecular complexity index is 1890. The lowest BCUT2D eigenvalue weighted by Gasteiger charge is -2.19. The van der Waals surface area contributed by atoms with Crippen molar-refractivity contribution in [3.05, 3.63) is 88.5 Å². The summed E-state index contributed by atoms with van der Waals surface area (Å²) in [6, 6.07) is 13.7. The molecule has 1 saturated carbocycles. The molecule has 0 radical (unpaired) electrons. The minimum Gasteiger partial charge on any atom is -0.393 e. The topological polar surface area (TPSA) is 133 Å². The number of aliphatic hydroxyl groups excluding tert-OH is 1. The monoisotopic (exact) mass is 567 g/mol. The van der Waals surface area contributed by atoms with Crippen molar-refractivity contribution in [1.82, 2.24) is 23.9 Å². The molecule has 1 fully saturated rings. The Labute approximate surface area is 240 Å². The molecule has 3 aromatic heterocycles. The van der Waals surface area contributed by atoms with E-state index >= 15 is 4.39 Å². The second-order valence-corrected chi connectivity index (χ2v) is 11.0. The number of halogens is 1. The van der Waals surface area contributed by atoms with Crippen LogP contribution in [-0.4, -0.2) is 41.0 Å². The van der Waals surface area contributed by atoms with E-state index in [9.17, 15) is 14.7 Å². The van der Waals surface area contributed by atoms with Crippen LogP contribution in [0.5, 0.6) is 0 Å². The lowest BCUT2D eigenvalue weighted by Crippen LogP contribution is -2.25. The molecule has 2 aliphatic rings. The van der Waals surface area contributed by atoms with Gasteiger partial charge in [-0.25, -0.2) is 19.0 Å². The highest BCUT2D eigenvalue weighted by molar-refractivity contribution is 6.05. The van der Waals surface area contributed by atoms with Gasteiger partial charge in [0.15, 0.2) is 0 Å². The van der Waals surface area contributed by atoms with Gasteiger partial charge >= 0.3 is 0 Å². The van der Waals surface area contributed by atoms with E-state index in [-0.39, 0.29) is 28.7 Å². The SMILES string of the molecule is Nc1ncnc2c1c(-c1ccc(NC(=O)c3c4n(n(-c5ccccc5)c3=O)CCCC4)cc1F)cn2C1CCC(O)C1. The van der Waals surface area contributed by atoms with E-state index < -0.39 is 23.4 Å². The number of nitrogens with one attached hydrogen (secondary N) is 1. The number of amides is 1. The third-order valence-electron chi connectivity index (χ3n) is 8.44. The maximum atomic E-state index is 15.7. The Balaban J connectivity index is 1.23. The van der Waals surface area contributed by atoms with E-state index in [4.69, 9.17) is 5.73 Å². The molecule has 0 spiro atoms. The number of aliphatic hydroxyl groups is 1. The van der Waals surface area contributed by atoms with Crippen molar-refractivity contribution >= 4 is 28.4 Å². The number of nitrogen functional groups attached to an aromatic ring is 1. The lowest BCUT2D eigenvalue weighted by molar-refractivity contribution is 0.102. The molecule has 214 valence electrons. The number of carbonyl (C=O) groups excluding carboxylic acids is 1. The summed E-state index contributed by atoms with van der Waals surface area (Å²) in [5.41, 5.74) is 8.92. The van der Waals surface area contributed by atoms with Crippen LogP contribution in [0.1, 0.15) is 54.2 Å². The normalized spacial score (nSPS) is 18.3. The zero-order chi connectivity index (χ0) is 29.0. The van der Waals surface area contributed by atoms with Crippen molar-refractivity contribution in [3.63, 3.8) is 0 Å². The number of hydrogen-bond acceptors (Lipinski definition) is 6. The molecule has 11 heteroatoms. The molecule has 5 aromatic rings. The number of nitrogens with two attached hydrogens (primary N) is 1. The number of fused-ring (bicyclic) bond motifs is 2. The molecule has 4 N–H and O–H groups in total. The van der Waals surface area contributed by atoms with Gasteiger partial charge in [0, 0.05) is 35.6 Å². The van der Waals surface area contributed by atoms with E-state index in [0.29, 0.717) is 53.8 Å². The van der Waals surface area contributed by atoms with Gasteiger partial charge in [0.25, 0.3) is 11.5 Å². The second-order valence-electron chi connectivity index (χ2n) is 11.0. The maximum Gasteiger partial charge on any atom is 0.284 e. The number of hydrogen-bond donors (Lipinski definition) is 3. The first-order valence-electron chi connectivity index (χ1n) is 14.2. The van der Waals surface area contributed by atoms with Gasteiger partial charge in [-0.05, 0) is 68.9 Å². The smallest absolute Gasteiger partial charge is 0.284 e. The average Bonchev–Trinajstić information content (AvgIpc) is 3.67. The van der Waals surface area contributed by atoms with Gasteiger partial charge in [-0.1, -0.05) is 18.2 Å². The highest BCUT2D eigenvalue weighted by atomic mass is 19.1. The van der Waals surface area contributed by atoms with Crippen LogP contribution in [0.3, 0.4) is 0 Å². The summed E-state index contributed by atoms with van der Waals surface area (Å²) in [7, 11) is 0. The van der Waals surface area contributed by atoms with Crippen LogP contribution >= 0.6 is 0 Å². The number of benzene rings is 2. The average molecular weight is 568 g/mol. The standard InChI is InChI=1S/C31H30FN7O3/c32-24-14-18(36-30(41)27-25-8-4-5-13-38(25)39(31(27)42)19-6-2-1-3-7-19)9-12-22(24)23-16-37(20-10-11-21(40)15-20)29-26(23)28(33)34-17-35-29/h1-3,6-7,9,12,14,16-17,20-21,40H,4-5,8,10-11,13,15H2,(H,36,41)(H2,33,34,35). The number of para-hydroxylation sites is 1. The van der Waals surface area contributed by atoms with E-state index in [1.54, 1.807) is 16.8 Å². The fourth-order valence-corrected chi connectivity index (χ4v) is 6.47. The first-order chi connectivity index (χ1) is 20.4. The highest BCUT2D eigenvalue weighted by Gasteiger charge is 2.29. The number of rotatable bonds is 5. The van der Waals surface area contributed by atoms with Crippen LogP contribution < -0.4 is 16.6 Å². The fourth-order valence-electron chi connectivity index (χ4n) is 6.47. The fraction of sp³-hybridized carbons (Fsp3) is 0.290. The Kier molecular flexibility index (Phi) is 6.38. The Hall–Kier alpha value is -4.77. The molecule has 2 aromatic carbocycles. The molecule has 1 aliphatic heterocycles. The molecule has 2 unspecified atom stereocenters. The van der Waals surface area contributed by atoms with E-state index in [2.05, 4.69) is 15.3 Å². The highest BCUT2D eigenvalue weighted by Crippen LogP contribution is 2.40. The van der Waals surface area contributed by atoms with Gasteiger partial charge in [-0.3, -0.25) is 14.3 Å². The predicted octanol–water partition coefficient (Wildman–Crippen LogP) is 4.45. The molecule has 7 rings (SSSR count). The van der Waals surface area contributed by atoms with Crippen LogP contribution in [0.15, 0.2) is 65.8 Å². The Morgan fingerprint density at radius 3 is 2.67 bits per heavy atom. The van der Waals surface area contributed by atoms with Crippen LogP contribution in [0, 0.1) is 5.82 Å². The molecule has 0 bridgehead atoms. The summed E-state index contributed by atoms with van der Waals surface area (Å²) in [5, 5.41) is 13.4. The van der Waals surface area contributed by atoms with Crippen molar-refractivity contribution < 1.29 is 14.3 Å². The van der Waals surface area contributed by atoms with Crippen LogP contribution in [0.25, 0.3) is 27.8 Å². The summed E-state index contributed by atoms with van der Waals surface area (Å²) < 4.78 is 21.1. The van der Waals surface area contributed by atoms with E-state index in [1.807, 2.05) is 45.8 Å². The van der Waals surface area contributed by atoms with Gasteiger partial charge in [0.05, 0.1) is 22.9 Å². The Morgan fingerprint density at radius 2 is 1.90 bits per heavy atom. The first kappa shape index (κ1) is 26.1. The molecular formula is C31H30FN7O3.